The topological polar surface area (TPSA) is 59.4 Å². The van der Waals surface area contributed by atoms with E-state index in [2.05, 4.69) is 16.3 Å². The third-order valence-electron chi connectivity index (χ3n) is 4.86. The average Bonchev–Trinajstić information content (AvgIpc) is 2.91. The zero-order chi connectivity index (χ0) is 16.1. The van der Waals surface area contributed by atoms with Crippen molar-refractivity contribution in [3.63, 3.8) is 0 Å². The van der Waals surface area contributed by atoms with E-state index in [0.29, 0.717) is 11.5 Å². The molecule has 130 valence electrons. The Bertz CT molecular complexity index is 568. The van der Waals surface area contributed by atoms with Gasteiger partial charge in [0.05, 0.1) is 11.6 Å². The monoisotopic (exact) mass is 348 g/mol. The SMILES string of the molecule is Cl.N#Cc1ccc(N2CCC(C(=O)N3CCCNCC3)CC2)cc1. The van der Waals surface area contributed by atoms with Crippen LogP contribution in [-0.4, -0.2) is 50.1 Å². The third kappa shape index (κ3) is 4.40. The molecular formula is C18H25ClN4O. The van der Waals surface area contributed by atoms with E-state index in [4.69, 9.17) is 5.26 Å². The first-order valence-electron chi connectivity index (χ1n) is 8.52. The maximum atomic E-state index is 12.7. The number of carbonyl (C=O) groups is 1. The predicted octanol–water partition coefficient (Wildman–Crippen LogP) is 2.02. The van der Waals surface area contributed by atoms with Crippen LogP contribution in [0.15, 0.2) is 24.3 Å². The van der Waals surface area contributed by atoms with Crippen molar-refractivity contribution in [1.82, 2.24) is 10.2 Å². The van der Waals surface area contributed by atoms with Crippen LogP contribution in [0.5, 0.6) is 0 Å². The van der Waals surface area contributed by atoms with E-state index < -0.39 is 0 Å². The van der Waals surface area contributed by atoms with Crippen molar-refractivity contribution in [1.29, 1.82) is 5.26 Å². The van der Waals surface area contributed by atoms with E-state index in [1.165, 1.54) is 0 Å². The molecule has 0 unspecified atom stereocenters. The highest BCUT2D eigenvalue weighted by Gasteiger charge is 2.28. The fourth-order valence-corrected chi connectivity index (χ4v) is 3.46. The maximum Gasteiger partial charge on any atom is 0.225 e. The molecule has 24 heavy (non-hydrogen) atoms. The molecule has 5 nitrogen and oxygen atoms in total. The molecule has 2 saturated heterocycles. The molecule has 2 fully saturated rings. The molecule has 0 atom stereocenters. The first-order valence-corrected chi connectivity index (χ1v) is 8.52. The number of nitriles is 1. The Morgan fingerprint density at radius 2 is 1.79 bits per heavy atom. The summed E-state index contributed by atoms with van der Waals surface area (Å²) in [4.78, 5) is 17.0. The molecule has 2 heterocycles. The summed E-state index contributed by atoms with van der Waals surface area (Å²) in [5.41, 5.74) is 1.84. The number of rotatable bonds is 2. The number of nitrogens with one attached hydrogen (secondary N) is 1. The lowest BCUT2D eigenvalue weighted by Gasteiger charge is -2.35. The van der Waals surface area contributed by atoms with Crippen molar-refractivity contribution in [2.75, 3.05) is 44.2 Å². The van der Waals surface area contributed by atoms with Crippen LogP contribution < -0.4 is 10.2 Å². The Morgan fingerprint density at radius 3 is 2.46 bits per heavy atom. The predicted molar refractivity (Wildman–Crippen MR) is 97.4 cm³/mol. The van der Waals surface area contributed by atoms with Crippen molar-refractivity contribution in [2.24, 2.45) is 5.92 Å². The lowest BCUT2D eigenvalue weighted by Crippen LogP contribution is -2.43. The number of hydrogen-bond donors (Lipinski definition) is 1. The summed E-state index contributed by atoms with van der Waals surface area (Å²) >= 11 is 0. The van der Waals surface area contributed by atoms with Crippen molar-refractivity contribution in [3.8, 4) is 6.07 Å². The van der Waals surface area contributed by atoms with Gasteiger partial charge in [0.25, 0.3) is 0 Å². The molecule has 6 heteroatoms. The minimum Gasteiger partial charge on any atom is -0.371 e. The third-order valence-corrected chi connectivity index (χ3v) is 4.86. The molecule has 3 rings (SSSR count). The number of hydrogen-bond acceptors (Lipinski definition) is 4. The molecule has 0 aromatic heterocycles. The zero-order valence-electron chi connectivity index (χ0n) is 13.9. The van der Waals surface area contributed by atoms with E-state index in [1.54, 1.807) is 0 Å². The van der Waals surface area contributed by atoms with Gasteiger partial charge in [0, 0.05) is 44.3 Å². The average molecular weight is 349 g/mol. The summed E-state index contributed by atoms with van der Waals surface area (Å²) in [6.07, 6.45) is 2.89. The first-order chi connectivity index (χ1) is 11.3. The molecule has 1 aromatic rings. The van der Waals surface area contributed by atoms with E-state index in [0.717, 1.165) is 64.2 Å². The number of amides is 1. The van der Waals surface area contributed by atoms with Gasteiger partial charge in [-0.3, -0.25) is 4.79 Å². The van der Waals surface area contributed by atoms with Gasteiger partial charge in [-0.15, -0.1) is 12.4 Å². The second kappa shape index (κ2) is 8.91. The summed E-state index contributed by atoms with van der Waals surface area (Å²) < 4.78 is 0. The molecule has 0 aliphatic carbocycles. The summed E-state index contributed by atoms with van der Waals surface area (Å²) in [5, 5.41) is 12.2. The Labute approximate surface area is 150 Å². The Morgan fingerprint density at radius 1 is 1.08 bits per heavy atom. The molecule has 0 radical (unpaired) electrons. The molecule has 1 amide bonds. The fraction of sp³-hybridized carbons (Fsp3) is 0.556. The zero-order valence-corrected chi connectivity index (χ0v) is 14.7. The molecular weight excluding hydrogens is 324 g/mol. The second-order valence-electron chi connectivity index (χ2n) is 6.35. The highest BCUT2D eigenvalue weighted by atomic mass is 35.5. The normalized spacial score (nSPS) is 19.1. The number of benzene rings is 1. The minimum atomic E-state index is 0. The Kier molecular flexibility index (Phi) is 6.89. The second-order valence-corrected chi connectivity index (χ2v) is 6.35. The molecule has 2 aliphatic heterocycles. The standard InChI is InChI=1S/C18H24N4O.ClH/c19-14-15-2-4-17(5-3-15)21-11-6-16(7-12-21)18(23)22-10-1-8-20-9-13-22;/h2-5,16,20H,1,6-13H2;1H. The van der Waals surface area contributed by atoms with Crippen LogP contribution in [0, 0.1) is 17.2 Å². The molecule has 0 saturated carbocycles. The smallest absolute Gasteiger partial charge is 0.225 e. The number of carbonyl (C=O) groups excluding carboxylic acids is 1. The van der Waals surface area contributed by atoms with Crippen LogP contribution in [0.2, 0.25) is 0 Å². The molecule has 0 spiro atoms. The van der Waals surface area contributed by atoms with Gasteiger partial charge in [-0.25, -0.2) is 0 Å². The van der Waals surface area contributed by atoms with Gasteiger partial charge in [0.15, 0.2) is 0 Å². The van der Waals surface area contributed by atoms with E-state index in [-0.39, 0.29) is 18.3 Å². The fourth-order valence-electron chi connectivity index (χ4n) is 3.46. The molecule has 1 N–H and O–H groups in total. The van der Waals surface area contributed by atoms with Crippen molar-refractivity contribution >= 4 is 24.0 Å². The minimum absolute atomic E-state index is 0. The largest absolute Gasteiger partial charge is 0.371 e. The van der Waals surface area contributed by atoms with Gasteiger partial charge in [-0.1, -0.05) is 0 Å². The van der Waals surface area contributed by atoms with Gasteiger partial charge in [0.2, 0.25) is 5.91 Å². The lowest BCUT2D eigenvalue weighted by atomic mass is 9.94. The summed E-state index contributed by atoms with van der Waals surface area (Å²) in [5.74, 6) is 0.510. The van der Waals surface area contributed by atoms with E-state index >= 15 is 0 Å². The highest BCUT2D eigenvalue weighted by Crippen LogP contribution is 2.25. The van der Waals surface area contributed by atoms with Crippen LogP contribution in [0.3, 0.4) is 0 Å². The Balaban J connectivity index is 0.00000208. The van der Waals surface area contributed by atoms with Crippen molar-refractivity contribution < 1.29 is 4.79 Å². The molecule has 2 aliphatic rings. The number of piperidine rings is 1. The Hall–Kier alpha value is -1.77. The van der Waals surface area contributed by atoms with E-state index in [9.17, 15) is 4.79 Å². The van der Waals surface area contributed by atoms with Gasteiger partial charge in [0.1, 0.15) is 0 Å². The van der Waals surface area contributed by atoms with Gasteiger partial charge < -0.3 is 15.1 Å². The van der Waals surface area contributed by atoms with Crippen LogP contribution >= 0.6 is 12.4 Å². The van der Waals surface area contributed by atoms with Crippen LogP contribution in [0.25, 0.3) is 0 Å². The number of anilines is 1. The quantitative estimate of drug-likeness (QED) is 0.888. The van der Waals surface area contributed by atoms with E-state index in [1.807, 2.05) is 29.2 Å². The van der Waals surface area contributed by atoms with Crippen molar-refractivity contribution in [3.05, 3.63) is 29.8 Å². The summed E-state index contributed by atoms with van der Waals surface area (Å²) in [6.45, 7) is 5.48. The van der Waals surface area contributed by atoms with Crippen molar-refractivity contribution in [2.45, 2.75) is 19.3 Å². The maximum absolute atomic E-state index is 12.7. The van der Waals surface area contributed by atoms with Crippen LogP contribution in [0.1, 0.15) is 24.8 Å². The van der Waals surface area contributed by atoms with Gasteiger partial charge in [-0.05, 0) is 50.1 Å². The molecule has 0 bridgehead atoms. The van der Waals surface area contributed by atoms with Crippen LogP contribution in [0.4, 0.5) is 5.69 Å². The number of halogens is 1. The van der Waals surface area contributed by atoms with Gasteiger partial charge >= 0.3 is 0 Å². The van der Waals surface area contributed by atoms with Gasteiger partial charge in [-0.2, -0.15) is 5.26 Å². The summed E-state index contributed by atoms with van der Waals surface area (Å²) in [7, 11) is 0. The summed E-state index contributed by atoms with van der Waals surface area (Å²) in [6, 6.07) is 9.86. The first kappa shape index (κ1) is 18.6. The van der Waals surface area contributed by atoms with Crippen LogP contribution in [-0.2, 0) is 4.79 Å². The molecule has 1 aromatic carbocycles. The number of nitrogens with zero attached hydrogens (tertiary/aromatic N) is 3. The highest BCUT2D eigenvalue weighted by molar-refractivity contribution is 5.85. The lowest BCUT2D eigenvalue weighted by molar-refractivity contribution is -0.136.